The summed E-state index contributed by atoms with van der Waals surface area (Å²) in [6.07, 6.45) is 4.02. The molecule has 4 heteroatoms. The highest BCUT2D eigenvalue weighted by molar-refractivity contribution is 7.98. The molecule has 0 aliphatic carbocycles. The summed E-state index contributed by atoms with van der Waals surface area (Å²) in [5.74, 6) is 0.0378. The second kappa shape index (κ2) is 7.55. The first kappa shape index (κ1) is 15.9. The van der Waals surface area contributed by atoms with E-state index in [0.29, 0.717) is 0 Å². The lowest BCUT2D eigenvalue weighted by atomic mass is 10.0. The molecule has 1 amide bonds. The summed E-state index contributed by atoms with van der Waals surface area (Å²) in [6, 6.07) is 18.5. The Bertz CT molecular complexity index is 634. The lowest BCUT2D eigenvalue weighted by molar-refractivity contribution is 0.0931. The van der Waals surface area contributed by atoms with E-state index in [0.717, 1.165) is 31.5 Å². The van der Waals surface area contributed by atoms with E-state index in [9.17, 15) is 4.79 Å². The first-order chi connectivity index (χ1) is 11.3. The zero-order valence-electron chi connectivity index (χ0n) is 13.4. The van der Waals surface area contributed by atoms with Gasteiger partial charge in [-0.3, -0.25) is 4.79 Å². The standard InChI is InChI=1S/C19H22N2OS/c1-23-18-9-7-15(8-10-18)19(22)20-16-11-13-21(14-12-16)17-5-3-2-4-6-17/h2-10,16H,11-14H2,1H3,(H,20,22). The van der Waals surface area contributed by atoms with Crippen LogP contribution in [0.5, 0.6) is 0 Å². The Balaban J connectivity index is 1.53. The molecule has 0 unspecified atom stereocenters. The van der Waals surface area contributed by atoms with Crippen molar-refractivity contribution in [3.63, 3.8) is 0 Å². The molecule has 0 radical (unpaired) electrons. The van der Waals surface area contributed by atoms with Crippen molar-refractivity contribution < 1.29 is 4.79 Å². The van der Waals surface area contributed by atoms with Gasteiger partial charge in [0.05, 0.1) is 0 Å². The Morgan fingerprint density at radius 2 is 1.70 bits per heavy atom. The molecule has 0 saturated carbocycles. The maximum Gasteiger partial charge on any atom is 0.251 e. The molecule has 2 aromatic carbocycles. The molecule has 2 aromatic rings. The molecular formula is C19H22N2OS. The summed E-state index contributed by atoms with van der Waals surface area (Å²) >= 11 is 1.69. The highest BCUT2D eigenvalue weighted by Gasteiger charge is 2.21. The predicted molar refractivity (Wildman–Crippen MR) is 97.4 cm³/mol. The fourth-order valence-electron chi connectivity index (χ4n) is 2.93. The molecule has 1 N–H and O–H groups in total. The van der Waals surface area contributed by atoms with Crippen molar-refractivity contribution in [3.8, 4) is 0 Å². The number of carbonyl (C=O) groups excluding carboxylic acids is 1. The zero-order valence-corrected chi connectivity index (χ0v) is 14.2. The van der Waals surface area contributed by atoms with Gasteiger partial charge in [0.15, 0.2) is 0 Å². The van der Waals surface area contributed by atoms with E-state index in [2.05, 4.69) is 34.5 Å². The number of carbonyl (C=O) groups is 1. The zero-order chi connectivity index (χ0) is 16.1. The normalized spacial score (nSPS) is 15.4. The van der Waals surface area contributed by atoms with Gasteiger partial charge in [-0.2, -0.15) is 0 Å². The molecule has 120 valence electrons. The average molecular weight is 326 g/mol. The maximum atomic E-state index is 12.3. The fourth-order valence-corrected chi connectivity index (χ4v) is 3.34. The molecule has 1 aliphatic heterocycles. The van der Waals surface area contributed by atoms with Crippen LogP contribution < -0.4 is 10.2 Å². The van der Waals surface area contributed by atoms with Crippen molar-refractivity contribution in [1.82, 2.24) is 5.32 Å². The van der Waals surface area contributed by atoms with E-state index < -0.39 is 0 Å². The SMILES string of the molecule is CSc1ccc(C(=O)NC2CCN(c3ccccc3)CC2)cc1. The third kappa shape index (κ3) is 4.08. The van der Waals surface area contributed by atoms with E-state index in [1.54, 1.807) is 11.8 Å². The molecule has 23 heavy (non-hydrogen) atoms. The molecule has 0 atom stereocenters. The Hall–Kier alpha value is -1.94. The van der Waals surface area contributed by atoms with E-state index in [1.165, 1.54) is 10.6 Å². The molecule has 1 saturated heterocycles. The van der Waals surface area contributed by atoms with Crippen molar-refractivity contribution in [2.45, 2.75) is 23.8 Å². The molecule has 1 fully saturated rings. The van der Waals surface area contributed by atoms with E-state index in [-0.39, 0.29) is 11.9 Å². The number of hydrogen-bond donors (Lipinski definition) is 1. The summed E-state index contributed by atoms with van der Waals surface area (Å²) in [4.78, 5) is 15.9. The maximum absolute atomic E-state index is 12.3. The highest BCUT2D eigenvalue weighted by Crippen LogP contribution is 2.20. The van der Waals surface area contributed by atoms with Crippen molar-refractivity contribution in [2.24, 2.45) is 0 Å². The number of hydrogen-bond acceptors (Lipinski definition) is 3. The number of nitrogens with one attached hydrogen (secondary N) is 1. The summed E-state index contributed by atoms with van der Waals surface area (Å²) < 4.78 is 0. The molecule has 0 spiro atoms. The lowest BCUT2D eigenvalue weighted by Gasteiger charge is -2.34. The Morgan fingerprint density at radius 3 is 2.30 bits per heavy atom. The van der Waals surface area contributed by atoms with Crippen molar-refractivity contribution in [3.05, 3.63) is 60.2 Å². The molecule has 3 rings (SSSR count). The second-order valence-corrected chi connectivity index (χ2v) is 6.68. The van der Waals surface area contributed by atoms with Gasteiger partial charge < -0.3 is 10.2 Å². The highest BCUT2D eigenvalue weighted by atomic mass is 32.2. The molecule has 1 heterocycles. The van der Waals surface area contributed by atoms with Crippen LogP contribution in [-0.2, 0) is 0 Å². The van der Waals surface area contributed by atoms with Gasteiger partial charge in [0.25, 0.3) is 5.91 Å². The first-order valence-corrected chi connectivity index (χ1v) is 9.23. The van der Waals surface area contributed by atoms with Gasteiger partial charge >= 0.3 is 0 Å². The number of para-hydroxylation sites is 1. The summed E-state index contributed by atoms with van der Waals surface area (Å²) in [6.45, 7) is 1.97. The van der Waals surface area contributed by atoms with Gasteiger partial charge in [-0.25, -0.2) is 0 Å². The van der Waals surface area contributed by atoms with Gasteiger partial charge in [0, 0.05) is 35.3 Å². The molecule has 0 bridgehead atoms. The largest absolute Gasteiger partial charge is 0.371 e. The fraction of sp³-hybridized carbons (Fsp3) is 0.316. The summed E-state index contributed by atoms with van der Waals surface area (Å²) in [7, 11) is 0. The summed E-state index contributed by atoms with van der Waals surface area (Å²) in [5.41, 5.74) is 2.01. The van der Waals surface area contributed by atoms with Crippen molar-refractivity contribution >= 4 is 23.4 Å². The van der Waals surface area contributed by atoms with E-state index >= 15 is 0 Å². The number of rotatable bonds is 4. The minimum absolute atomic E-state index is 0.0378. The minimum atomic E-state index is 0.0378. The van der Waals surface area contributed by atoms with E-state index in [4.69, 9.17) is 0 Å². The summed E-state index contributed by atoms with van der Waals surface area (Å²) in [5, 5.41) is 3.17. The molecule has 3 nitrogen and oxygen atoms in total. The smallest absolute Gasteiger partial charge is 0.251 e. The Morgan fingerprint density at radius 1 is 1.04 bits per heavy atom. The topological polar surface area (TPSA) is 32.3 Å². The number of nitrogens with zero attached hydrogens (tertiary/aromatic N) is 1. The number of anilines is 1. The van der Waals surface area contributed by atoms with Crippen LogP contribution in [0.25, 0.3) is 0 Å². The van der Waals surface area contributed by atoms with Crippen LogP contribution in [0.4, 0.5) is 5.69 Å². The lowest BCUT2D eigenvalue weighted by Crippen LogP contribution is -2.44. The van der Waals surface area contributed by atoms with Crippen LogP contribution in [0.2, 0.25) is 0 Å². The number of piperidine rings is 1. The first-order valence-electron chi connectivity index (χ1n) is 8.01. The minimum Gasteiger partial charge on any atom is -0.371 e. The van der Waals surface area contributed by atoms with Gasteiger partial charge in [0.1, 0.15) is 0 Å². The van der Waals surface area contributed by atoms with Crippen molar-refractivity contribution in [1.29, 1.82) is 0 Å². The Labute approximate surface area is 142 Å². The molecule has 0 aromatic heterocycles. The number of benzene rings is 2. The van der Waals surface area contributed by atoms with Gasteiger partial charge in [-0.15, -0.1) is 11.8 Å². The van der Waals surface area contributed by atoms with Crippen molar-refractivity contribution in [2.75, 3.05) is 24.2 Å². The third-order valence-electron chi connectivity index (χ3n) is 4.30. The van der Waals surface area contributed by atoms with Crippen LogP contribution in [0.15, 0.2) is 59.5 Å². The monoisotopic (exact) mass is 326 g/mol. The predicted octanol–water partition coefficient (Wildman–Crippen LogP) is 3.81. The van der Waals surface area contributed by atoms with E-state index in [1.807, 2.05) is 36.6 Å². The quantitative estimate of drug-likeness (QED) is 0.867. The van der Waals surface area contributed by atoms with Gasteiger partial charge in [-0.05, 0) is 55.5 Å². The average Bonchev–Trinajstić information content (AvgIpc) is 2.63. The van der Waals surface area contributed by atoms with Crippen LogP contribution in [0, 0.1) is 0 Å². The molecule has 1 aliphatic rings. The number of amides is 1. The third-order valence-corrected chi connectivity index (χ3v) is 5.05. The van der Waals surface area contributed by atoms with Crippen LogP contribution in [-0.4, -0.2) is 31.3 Å². The van der Waals surface area contributed by atoms with Crippen LogP contribution in [0.3, 0.4) is 0 Å². The van der Waals surface area contributed by atoms with Crippen LogP contribution in [0.1, 0.15) is 23.2 Å². The second-order valence-electron chi connectivity index (χ2n) is 5.80. The number of thioether (sulfide) groups is 1. The molecular weight excluding hydrogens is 304 g/mol. The van der Waals surface area contributed by atoms with Crippen LogP contribution >= 0.6 is 11.8 Å². The Kier molecular flexibility index (Phi) is 5.23. The van der Waals surface area contributed by atoms with Gasteiger partial charge in [0.2, 0.25) is 0 Å². The van der Waals surface area contributed by atoms with Gasteiger partial charge in [-0.1, -0.05) is 18.2 Å².